The van der Waals surface area contributed by atoms with Crippen molar-refractivity contribution in [2.75, 3.05) is 26.7 Å². The molecule has 0 aromatic rings. The van der Waals surface area contributed by atoms with Crippen LogP contribution in [0, 0.1) is 22.7 Å². The van der Waals surface area contributed by atoms with Crippen molar-refractivity contribution in [2.45, 2.75) is 20.3 Å². The number of rotatable bonds is 3. The third kappa shape index (κ3) is 3.21. The minimum atomic E-state index is -0.533. The number of amides is 1. The van der Waals surface area contributed by atoms with Crippen LogP contribution < -0.4 is 5.32 Å². The summed E-state index contributed by atoms with van der Waals surface area (Å²) in [4.78, 5) is 13.2. The standard InChI is InChI=1S/C11H19N3O/c1-11(2,8-13-10(15)6-12)9-4-5-14(3)7-9/h9H,4-5,7-8H2,1-3H3,(H,13,15). The first-order valence-corrected chi connectivity index (χ1v) is 5.32. The predicted octanol–water partition coefficient (Wildman–Crippen LogP) is 0.604. The van der Waals surface area contributed by atoms with E-state index in [9.17, 15) is 4.79 Å². The Balaban J connectivity index is 2.45. The van der Waals surface area contributed by atoms with Crippen molar-refractivity contribution in [2.24, 2.45) is 11.3 Å². The summed E-state index contributed by atoms with van der Waals surface area (Å²) in [5, 5.41) is 11.0. The lowest BCUT2D eigenvalue weighted by Crippen LogP contribution is -2.39. The summed E-state index contributed by atoms with van der Waals surface area (Å²) in [5.41, 5.74) is 0.0667. The highest BCUT2D eigenvalue weighted by atomic mass is 16.1. The van der Waals surface area contributed by atoms with Gasteiger partial charge in [0.2, 0.25) is 0 Å². The zero-order valence-corrected chi connectivity index (χ0v) is 9.71. The monoisotopic (exact) mass is 209 g/mol. The molecule has 1 fully saturated rings. The van der Waals surface area contributed by atoms with E-state index in [1.807, 2.05) is 0 Å². The van der Waals surface area contributed by atoms with Crippen LogP contribution in [0.3, 0.4) is 0 Å². The molecule has 1 amide bonds. The van der Waals surface area contributed by atoms with Crippen molar-refractivity contribution in [3.05, 3.63) is 0 Å². The minimum absolute atomic E-state index is 0.0667. The van der Waals surface area contributed by atoms with Gasteiger partial charge in [0.25, 0.3) is 0 Å². The fourth-order valence-corrected chi connectivity index (χ4v) is 2.06. The van der Waals surface area contributed by atoms with E-state index >= 15 is 0 Å². The Morgan fingerprint density at radius 1 is 1.67 bits per heavy atom. The van der Waals surface area contributed by atoms with E-state index in [1.165, 1.54) is 6.42 Å². The van der Waals surface area contributed by atoms with E-state index in [1.54, 1.807) is 6.07 Å². The number of hydrogen-bond donors (Lipinski definition) is 1. The molecule has 4 nitrogen and oxygen atoms in total. The van der Waals surface area contributed by atoms with Crippen LogP contribution in [-0.4, -0.2) is 37.5 Å². The van der Waals surface area contributed by atoms with Gasteiger partial charge >= 0.3 is 5.91 Å². The van der Waals surface area contributed by atoms with E-state index < -0.39 is 5.91 Å². The summed E-state index contributed by atoms with van der Waals surface area (Å²) >= 11 is 0. The zero-order valence-electron chi connectivity index (χ0n) is 9.71. The van der Waals surface area contributed by atoms with Gasteiger partial charge < -0.3 is 10.2 Å². The van der Waals surface area contributed by atoms with Gasteiger partial charge in [-0.25, -0.2) is 0 Å². The van der Waals surface area contributed by atoms with E-state index in [-0.39, 0.29) is 5.41 Å². The predicted molar refractivity (Wildman–Crippen MR) is 58.0 cm³/mol. The average Bonchev–Trinajstić information content (AvgIpc) is 2.62. The number of carbonyl (C=O) groups is 1. The van der Waals surface area contributed by atoms with Crippen LogP contribution in [0.2, 0.25) is 0 Å². The van der Waals surface area contributed by atoms with Crippen molar-refractivity contribution in [3.63, 3.8) is 0 Å². The molecule has 0 aliphatic carbocycles. The van der Waals surface area contributed by atoms with Gasteiger partial charge in [0.05, 0.1) is 0 Å². The summed E-state index contributed by atoms with van der Waals surface area (Å²) in [5.74, 6) is 0.0657. The van der Waals surface area contributed by atoms with Crippen LogP contribution in [0.4, 0.5) is 0 Å². The quantitative estimate of drug-likeness (QED) is 0.693. The summed E-state index contributed by atoms with van der Waals surface area (Å²) in [7, 11) is 2.12. The van der Waals surface area contributed by atoms with Gasteiger partial charge in [0.15, 0.2) is 6.07 Å². The first-order chi connectivity index (χ1) is 6.95. The number of likely N-dealkylation sites (tertiary alicyclic amines) is 1. The fraction of sp³-hybridized carbons (Fsp3) is 0.818. The lowest BCUT2D eigenvalue weighted by Gasteiger charge is -2.31. The number of nitrogens with zero attached hydrogens (tertiary/aromatic N) is 2. The van der Waals surface area contributed by atoms with E-state index in [2.05, 4.69) is 31.1 Å². The third-order valence-electron chi connectivity index (χ3n) is 3.30. The largest absolute Gasteiger partial charge is 0.343 e. The van der Waals surface area contributed by atoms with Gasteiger partial charge in [-0.3, -0.25) is 4.79 Å². The molecule has 0 spiro atoms. The number of carbonyl (C=O) groups excluding carboxylic acids is 1. The smallest absolute Gasteiger partial charge is 0.322 e. The maximum atomic E-state index is 10.9. The molecule has 1 aliphatic heterocycles. The molecule has 4 heteroatoms. The maximum absolute atomic E-state index is 10.9. The molecule has 1 saturated heterocycles. The Labute approximate surface area is 91.2 Å². The lowest BCUT2D eigenvalue weighted by atomic mass is 9.78. The van der Waals surface area contributed by atoms with Gasteiger partial charge in [-0.1, -0.05) is 13.8 Å². The molecule has 0 saturated carbocycles. The van der Waals surface area contributed by atoms with Crippen LogP contribution in [0.15, 0.2) is 0 Å². The Morgan fingerprint density at radius 3 is 2.80 bits per heavy atom. The van der Waals surface area contributed by atoms with E-state index in [0.717, 1.165) is 13.1 Å². The van der Waals surface area contributed by atoms with Crippen molar-refractivity contribution in [1.82, 2.24) is 10.2 Å². The zero-order chi connectivity index (χ0) is 11.5. The van der Waals surface area contributed by atoms with Gasteiger partial charge in [-0.2, -0.15) is 5.26 Å². The summed E-state index contributed by atoms with van der Waals surface area (Å²) in [6.07, 6.45) is 1.17. The topological polar surface area (TPSA) is 56.1 Å². The Kier molecular flexibility index (Phi) is 3.70. The molecule has 0 aromatic heterocycles. The average molecular weight is 209 g/mol. The summed E-state index contributed by atoms with van der Waals surface area (Å²) < 4.78 is 0. The number of nitriles is 1. The molecule has 0 radical (unpaired) electrons. The molecule has 1 N–H and O–H groups in total. The van der Waals surface area contributed by atoms with Gasteiger partial charge in [-0.15, -0.1) is 0 Å². The van der Waals surface area contributed by atoms with Crippen LogP contribution in [-0.2, 0) is 4.79 Å². The maximum Gasteiger partial charge on any atom is 0.322 e. The normalized spacial score (nSPS) is 22.4. The highest BCUT2D eigenvalue weighted by Gasteiger charge is 2.33. The molecule has 1 aliphatic rings. The second-order valence-electron chi connectivity index (χ2n) is 5.03. The van der Waals surface area contributed by atoms with Gasteiger partial charge in [0.1, 0.15) is 0 Å². The van der Waals surface area contributed by atoms with E-state index in [0.29, 0.717) is 12.5 Å². The van der Waals surface area contributed by atoms with Crippen molar-refractivity contribution < 1.29 is 4.79 Å². The van der Waals surface area contributed by atoms with Crippen LogP contribution in [0.1, 0.15) is 20.3 Å². The first-order valence-electron chi connectivity index (χ1n) is 5.32. The minimum Gasteiger partial charge on any atom is -0.343 e. The molecule has 1 heterocycles. The SMILES string of the molecule is CN1CCC(C(C)(C)CNC(=O)C#N)C1. The molecule has 0 aromatic carbocycles. The van der Waals surface area contributed by atoms with Crippen LogP contribution >= 0.6 is 0 Å². The molecule has 1 atom stereocenters. The summed E-state index contributed by atoms with van der Waals surface area (Å²) in [6, 6.07) is 1.58. The number of nitrogens with one attached hydrogen (secondary N) is 1. The van der Waals surface area contributed by atoms with Gasteiger partial charge in [0, 0.05) is 13.1 Å². The molecular formula is C11H19N3O. The van der Waals surface area contributed by atoms with Gasteiger partial charge in [-0.05, 0) is 31.3 Å². The second-order valence-corrected chi connectivity index (χ2v) is 5.03. The molecule has 1 unspecified atom stereocenters. The molecule has 0 bridgehead atoms. The van der Waals surface area contributed by atoms with Crippen LogP contribution in [0.25, 0.3) is 0 Å². The van der Waals surface area contributed by atoms with Crippen molar-refractivity contribution in [1.29, 1.82) is 5.26 Å². The summed E-state index contributed by atoms with van der Waals surface area (Å²) in [6.45, 7) is 7.08. The van der Waals surface area contributed by atoms with Crippen molar-refractivity contribution in [3.8, 4) is 6.07 Å². The fourth-order valence-electron chi connectivity index (χ4n) is 2.06. The van der Waals surface area contributed by atoms with E-state index in [4.69, 9.17) is 5.26 Å². The molecule has 84 valence electrons. The number of hydrogen-bond acceptors (Lipinski definition) is 3. The molecule has 1 rings (SSSR count). The van der Waals surface area contributed by atoms with Crippen molar-refractivity contribution >= 4 is 5.91 Å². The third-order valence-corrected chi connectivity index (χ3v) is 3.30. The highest BCUT2D eigenvalue weighted by Crippen LogP contribution is 2.32. The second kappa shape index (κ2) is 4.63. The lowest BCUT2D eigenvalue weighted by molar-refractivity contribution is -0.116. The van der Waals surface area contributed by atoms with Crippen LogP contribution in [0.5, 0.6) is 0 Å². The molecular weight excluding hydrogens is 190 g/mol. The Hall–Kier alpha value is -1.08. The highest BCUT2D eigenvalue weighted by molar-refractivity contribution is 5.91. The Morgan fingerprint density at radius 2 is 2.33 bits per heavy atom. The molecule has 15 heavy (non-hydrogen) atoms. The Bertz CT molecular complexity index is 280. The first kappa shape index (κ1) is 12.0.